The Balaban J connectivity index is 2.80. The summed E-state index contributed by atoms with van der Waals surface area (Å²) in [5.74, 6) is -0.562. The standard InChI is InChI=1S/C10H11BrClNO5S/c1-7(6-19(12,16)17)5-18-10-8(11)3-2-4-9(10)13(14)15/h2-4,7H,5-6H2,1H3. The van der Waals surface area contributed by atoms with E-state index in [0.717, 1.165) is 0 Å². The van der Waals surface area contributed by atoms with Gasteiger partial charge < -0.3 is 4.74 Å². The Hall–Kier alpha value is -0.860. The van der Waals surface area contributed by atoms with Crippen molar-refractivity contribution in [1.29, 1.82) is 0 Å². The summed E-state index contributed by atoms with van der Waals surface area (Å²) in [6, 6.07) is 4.43. The molecule has 0 aliphatic heterocycles. The highest BCUT2D eigenvalue weighted by Crippen LogP contribution is 2.34. The van der Waals surface area contributed by atoms with E-state index in [9.17, 15) is 18.5 Å². The molecule has 0 bridgehead atoms. The van der Waals surface area contributed by atoms with Crippen LogP contribution in [0.4, 0.5) is 5.69 Å². The summed E-state index contributed by atoms with van der Waals surface area (Å²) in [6.07, 6.45) is 0. The van der Waals surface area contributed by atoms with Gasteiger partial charge in [0.05, 0.1) is 21.8 Å². The molecule has 0 saturated heterocycles. The number of hydrogen-bond donors (Lipinski definition) is 0. The molecule has 0 amide bonds. The van der Waals surface area contributed by atoms with Crippen LogP contribution in [0.2, 0.25) is 0 Å². The number of nitrogens with zero attached hydrogens (tertiary/aromatic N) is 1. The smallest absolute Gasteiger partial charge is 0.312 e. The molecule has 0 N–H and O–H groups in total. The first-order valence-electron chi connectivity index (χ1n) is 5.18. The minimum absolute atomic E-state index is 0.00933. The normalized spacial score (nSPS) is 13.0. The van der Waals surface area contributed by atoms with Gasteiger partial charge in [-0.1, -0.05) is 13.0 Å². The van der Waals surface area contributed by atoms with E-state index in [4.69, 9.17) is 15.4 Å². The molecule has 0 spiro atoms. The molecule has 0 heterocycles. The van der Waals surface area contributed by atoms with Gasteiger partial charge in [0.15, 0.2) is 0 Å². The van der Waals surface area contributed by atoms with Crippen molar-refractivity contribution in [3.8, 4) is 5.75 Å². The van der Waals surface area contributed by atoms with Crippen LogP contribution < -0.4 is 4.74 Å². The van der Waals surface area contributed by atoms with Gasteiger partial charge in [0.1, 0.15) is 0 Å². The number of ether oxygens (including phenoxy) is 1. The lowest BCUT2D eigenvalue weighted by molar-refractivity contribution is -0.386. The summed E-state index contributed by atoms with van der Waals surface area (Å²) < 4.78 is 27.5. The third-order valence-corrected chi connectivity index (χ3v) is 4.11. The molecule has 1 aromatic carbocycles. The van der Waals surface area contributed by atoms with E-state index < -0.39 is 14.0 Å². The van der Waals surface area contributed by atoms with Gasteiger partial charge in [0, 0.05) is 22.7 Å². The average Bonchev–Trinajstić information content (AvgIpc) is 2.24. The van der Waals surface area contributed by atoms with E-state index in [0.29, 0.717) is 4.47 Å². The fraction of sp³-hybridized carbons (Fsp3) is 0.400. The largest absolute Gasteiger partial charge is 0.486 e. The Labute approximate surface area is 123 Å². The topological polar surface area (TPSA) is 86.5 Å². The SMILES string of the molecule is CC(COc1c(Br)cccc1[N+](=O)[O-])CS(=O)(=O)Cl. The number of benzene rings is 1. The first-order chi connectivity index (χ1) is 8.70. The molecule has 1 rings (SSSR count). The molecule has 6 nitrogen and oxygen atoms in total. The highest BCUT2D eigenvalue weighted by Gasteiger charge is 2.20. The van der Waals surface area contributed by atoms with Crippen LogP contribution in [0.3, 0.4) is 0 Å². The van der Waals surface area contributed by atoms with Crippen molar-refractivity contribution < 1.29 is 18.1 Å². The maximum atomic E-state index is 10.9. The second-order valence-corrected chi connectivity index (χ2v) is 7.64. The molecule has 0 radical (unpaired) electrons. The number of rotatable bonds is 6. The van der Waals surface area contributed by atoms with Crippen molar-refractivity contribution >= 4 is 41.4 Å². The van der Waals surface area contributed by atoms with E-state index in [1.54, 1.807) is 13.0 Å². The minimum Gasteiger partial charge on any atom is -0.486 e. The van der Waals surface area contributed by atoms with Crippen LogP contribution in [0.15, 0.2) is 22.7 Å². The molecule has 9 heteroatoms. The van der Waals surface area contributed by atoms with Gasteiger partial charge in [0.2, 0.25) is 14.8 Å². The van der Waals surface area contributed by atoms with Gasteiger partial charge >= 0.3 is 5.69 Å². The molecular formula is C10H11BrClNO5S. The molecule has 0 fully saturated rings. The van der Waals surface area contributed by atoms with Crippen molar-refractivity contribution in [3.63, 3.8) is 0 Å². The fourth-order valence-electron chi connectivity index (χ4n) is 1.40. The lowest BCUT2D eigenvalue weighted by atomic mass is 10.2. The van der Waals surface area contributed by atoms with Gasteiger partial charge in [-0.3, -0.25) is 10.1 Å². The second kappa shape index (κ2) is 6.53. The molecule has 0 aliphatic carbocycles. The molecule has 0 saturated carbocycles. The molecule has 106 valence electrons. The van der Waals surface area contributed by atoms with E-state index in [2.05, 4.69) is 15.9 Å². The first-order valence-corrected chi connectivity index (χ1v) is 8.46. The zero-order valence-electron chi connectivity index (χ0n) is 9.88. The Kier molecular flexibility index (Phi) is 5.57. The molecule has 0 aromatic heterocycles. The summed E-state index contributed by atoms with van der Waals surface area (Å²) in [7, 11) is 1.50. The number of halogens is 2. The van der Waals surface area contributed by atoms with Crippen molar-refractivity contribution in [1.82, 2.24) is 0 Å². The first kappa shape index (κ1) is 16.2. The highest BCUT2D eigenvalue weighted by atomic mass is 79.9. The molecule has 19 heavy (non-hydrogen) atoms. The third kappa shape index (κ3) is 5.33. The zero-order chi connectivity index (χ0) is 14.6. The van der Waals surface area contributed by atoms with Gasteiger partial charge in [-0.25, -0.2) is 8.42 Å². The van der Waals surface area contributed by atoms with Crippen LogP contribution in [0.25, 0.3) is 0 Å². The monoisotopic (exact) mass is 371 g/mol. The number of para-hydroxylation sites is 1. The Morgan fingerprint density at radius 1 is 1.53 bits per heavy atom. The lowest BCUT2D eigenvalue weighted by Crippen LogP contribution is -2.17. The minimum atomic E-state index is -3.62. The van der Waals surface area contributed by atoms with Crippen LogP contribution in [-0.2, 0) is 9.05 Å². The van der Waals surface area contributed by atoms with Crippen LogP contribution in [-0.4, -0.2) is 25.7 Å². The third-order valence-electron chi connectivity index (χ3n) is 2.14. The number of nitro benzene ring substituents is 1. The van der Waals surface area contributed by atoms with E-state index >= 15 is 0 Å². The summed E-state index contributed by atoms with van der Waals surface area (Å²) in [5.41, 5.74) is -0.185. The van der Waals surface area contributed by atoms with Crippen molar-refractivity contribution in [3.05, 3.63) is 32.8 Å². The van der Waals surface area contributed by atoms with Crippen LogP contribution in [0.1, 0.15) is 6.92 Å². The van der Waals surface area contributed by atoms with Gasteiger partial charge in [-0.2, -0.15) is 0 Å². The molecule has 1 unspecified atom stereocenters. The Morgan fingerprint density at radius 2 is 2.16 bits per heavy atom. The highest BCUT2D eigenvalue weighted by molar-refractivity contribution is 9.10. The molecule has 1 aromatic rings. The van der Waals surface area contributed by atoms with Crippen LogP contribution >= 0.6 is 26.6 Å². The lowest BCUT2D eigenvalue weighted by Gasteiger charge is -2.12. The molecular weight excluding hydrogens is 362 g/mol. The predicted molar refractivity (Wildman–Crippen MR) is 75.1 cm³/mol. The summed E-state index contributed by atoms with van der Waals surface area (Å²) >= 11 is 3.15. The number of nitro groups is 1. The summed E-state index contributed by atoms with van der Waals surface area (Å²) in [6.45, 7) is 1.64. The molecule has 0 aliphatic rings. The summed E-state index contributed by atoms with van der Waals surface area (Å²) in [5, 5.41) is 10.8. The van der Waals surface area contributed by atoms with E-state index in [1.165, 1.54) is 12.1 Å². The fourth-order valence-corrected chi connectivity index (χ4v) is 3.29. The quantitative estimate of drug-likeness (QED) is 0.435. The van der Waals surface area contributed by atoms with Crippen molar-refractivity contribution in [2.75, 3.05) is 12.4 Å². The Morgan fingerprint density at radius 3 is 2.68 bits per heavy atom. The maximum Gasteiger partial charge on any atom is 0.312 e. The van der Waals surface area contributed by atoms with E-state index in [1.807, 2.05) is 0 Å². The van der Waals surface area contributed by atoms with Crippen LogP contribution in [0.5, 0.6) is 5.75 Å². The van der Waals surface area contributed by atoms with Gasteiger partial charge in [-0.15, -0.1) is 0 Å². The second-order valence-electron chi connectivity index (χ2n) is 3.97. The zero-order valence-corrected chi connectivity index (χ0v) is 13.0. The average molecular weight is 373 g/mol. The molecule has 1 atom stereocenters. The Bertz CT molecular complexity index is 577. The van der Waals surface area contributed by atoms with Gasteiger partial charge in [0.25, 0.3) is 0 Å². The van der Waals surface area contributed by atoms with Crippen molar-refractivity contribution in [2.45, 2.75) is 6.92 Å². The summed E-state index contributed by atoms with van der Waals surface area (Å²) in [4.78, 5) is 10.3. The van der Waals surface area contributed by atoms with Gasteiger partial charge in [-0.05, 0) is 22.0 Å². The van der Waals surface area contributed by atoms with Crippen LogP contribution in [0, 0.1) is 16.0 Å². The maximum absolute atomic E-state index is 10.9. The van der Waals surface area contributed by atoms with Crippen molar-refractivity contribution in [2.24, 2.45) is 5.92 Å². The number of hydrogen-bond acceptors (Lipinski definition) is 5. The van der Waals surface area contributed by atoms with E-state index in [-0.39, 0.29) is 29.7 Å². The predicted octanol–water partition coefficient (Wildman–Crippen LogP) is 2.94.